The minimum absolute atomic E-state index is 0.0894. The molecule has 0 radical (unpaired) electrons. The highest BCUT2D eigenvalue weighted by molar-refractivity contribution is 7.88. The lowest BCUT2D eigenvalue weighted by Gasteiger charge is -2.11. The standard InChI is InChI=1S/C23H25N5O3S/c1-16(2)14-31-22-9-6-18(12-19(22)13-24)21-10-11-26-23(28-21)27-20-7-4-17(5-8-20)15-32(29,30)25-3/h4-12,16,25H,14-15H2,1-3H3,(H,26,27,28). The Hall–Kier alpha value is -3.48. The molecule has 0 atom stereocenters. The smallest absolute Gasteiger partial charge is 0.227 e. The Morgan fingerprint density at radius 1 is 1.12 bits per heavy atom. The van der Waals surface area contributed by atoms with Gasteiger partial charge in [-0.3, -0.25) is 0 Å². The lowest BCUT2D eigenvalue weighted by Crippen LogP contribution is -2.20. The van der Waals surface area contributed by atoms with Crippen LogP contribution in [-0.2, 0) is 15.8 Å². The molecule has 166 valence electrons. The highest BCUT2D eigenvalue weighted by Gasteiger charge is 2.10. The number of hydrogen-bond donors (Lipinski definition) is 2. The van der Waals surface area contributed by atoms with Gasteiger partial charge in [0.1, 0.15) is 11.8 Å². The van der Waals surface area contributed by atoms with Gasteiger partial charge in [0.15, 0.2) is 0 Å². The number of sulfonamides is 1. The number of nitrogens with one attached hydrogen (secondary N) is 2. The van der Waals surface area contributed by atoms with Crippen molar-refractivity contribution < 1.29 is 13.2 Å². The number of benzene rings is 2. The maximum absolute atomic E-state index is 11.7. The van der Waals surface area contributed by atoms with Gasteiger partial charge in [-0.2, -0.15) is 5.26 Å². The van der Waals surface area contributed by atoms with Gasteiger partial charge < -0.3 is 10.1 Å². The number of aromatic nitrogens is 2. The van der Waals surface area contributed by atoms with Crippen molar-refractivity contribution in [3.8, 4) is 23.1 Å². The second-order valence-corrected chi connectivity index (χ2v) is 9.50. The Morgan fingerprint density at radius 2 is 1.88 bits per heavy atom. The average molecular weight is 452 g/mol. The zero-order valence-electron chi connectivity index (χ0n) is 18.2. The highest BCUT2D eigenvalue weighted by Crippen LogP contribution is 2.26. The van der Waals surface area contributed by atoms with Crippen LogP contribution in [0, 0.1) is 17.2 Å². The quantitative estimate of drug-likeness (QED) is 0.507. The van der Waals surface area contributed by atoms with Crippen molar-refractivity contribution in [3.05, 3.63) is 65.9 Å². The summed E-state index contributed by atoms with van der Waals surface area (Å²) in [4.78, 5) is 8.78. The summed E-state index contributed by atoms with van der Waals surface area (Å²) in [7, 11) is -1.93. The van der Waals surface area contributed by atoms with Gasteiger partial charge in [0.25, 0.3) is 0 Å². The third-order valence-electron chi connectivity index (χ3n) is 4.50. The van der Waals surface area contributed by atoms with E-state index in [2.05, 4.69) is 26.1 Å². The summed E-state index contributed by atoms with van der Waals surface area (Å²) in [5.74, 6) is 1.21. The summed E-state index contributed by atoms with van der Waals surface area (Å²) in [6.07, 6.45) is 1.63. The van der Waals surface area contributed by atoms with E-state index in [1.54, 1.807) is 48.7 Å². The van der Waals surface area contributed by atoms with Crippen LogP contribution in [0.15, 0.2) is 54.7 Å². The zero-order valence-corrected chi connectivity index (χ0v) is 19.0. The van der Waals surface area contributed by atoms with E-state index in [1.807, 2.05) is 19.9 Å². The SMILES string of the molecule is CNS(=O)(=O)Cc1ccc(Nc2nccc(-c3ccc(OCC(C)C)c(C#N)c3)n2)cc1. The van der Waals surface area contributed by atoms with E-state index in [1.165, 1.54) is 7.05 Å². The van der Waals surface area contributed by atoms with Crippen LogP contribution >= 0.6 is 0 Å². The molecule has 0 saturated carbocycles. The lowest BCUT2D eigenvalue weighted by atomic mass is 10.1. The monoisotopic (exact) mass is 451 g/mol. The number of nitrogens with zero attached hydrogens (tertiary/aromatic N) is 3. The van der Waals surface area contributed by atoms with Gasteiger partial charge in [-0.05, 0) is 54.9 Å². The van der Waals surface area contributed by atoms with Crippen LogP contribution in [-0.4, -0.2) is 32.0 Å². The first-order valence-electron chi connectivity index (χ1n) is 10.1. The zero-order chi connectivity index (χ0) is 23.1. The van der Waals surface area contributed by atoms with Crippen molar-refractivity contribution >= 4 is 21.7 Å². The molecular weight excluding hydrogens is 426 g/mol. The Balaban J connectivity index is 1.76. The predicted molar refractivity (Wildman–Crippen MR) is 124 cm³/mol. The van der Waals surface area contributed by atoms with Crippen molar-refractivity contribution in [2.75, 3.05) is 19.0 Å². The molecule has 2 aromatic carbocycles. The predicted octanol–water partition coefficient (Wildman–Crippen LogP) is 3.84. The fourth-order valence-electron chi connectivity index (χ4n) is 2.84. The van der Waals surface area contributed by atoms with Gasteiger partial charge in [0.2, 0.25) is 16.0 Å². The number of rotatable bonds is 9. The van der Waals surface area contributed by atoms with E-state index in [9.17, 15) is 13.7 Å². The molecule has 0 aliphatic rings. The Labute approximate surface area is 188 Å². The Morgan fingerprint density at radius 3 is 2.53 bits per heavy atom. The van der Waals surface area contributed by atoms with Crippen LogP contribution in [0.4, 0.5) is 11.6 Å². The van der Waals surface area contributed by atoms with Crippen molar-refractivity contribution in [1.82, 2.24) is 14.7 Å². The fourth-order valence-corrected chi connectivity index (χ4v) is 3.62. The molecule has 0 unspecified atom stereocenters. The maximum atomic E-state index is 11.7. The van der Waals surface area contributed by atoms with Crippen molar-refractivity contribution in [2.24, 2.45) is 5.92 Å². The first-order valence-corrected chi connectivity index (χ1v) is 11.7. The number of hydrogen-bond acceptors (Lipinski definition) is 7. The Kier molecular flexibility index (Phi) is 7.41. The van der Waals surface area contributed by atoms with Gasteiger partial charge in [-0.1, -0.05) is 26.0 Å². The van der Waals surface area contributed by atoms with E-state index >= 15 is 0 Å². The second kappa shape index (κ2) is 10.2. The third kappa shape index (κ3) is 6.26. The van der Waals surface area contributed by atoms with Crippen molar-refractivity contribution in [3.63, 3.8) is 0 Å². The van der Waals surface area contributed by atoms with E-state index in [0.717, 1.165) is 11.3 Å². The van der Waals surface area contributed by atoms with E-state index in [-0.39, 0.29) is 5.75 Å². The van der Waals surface area contributed by atoms with E-state index in [0.29, 0.717) is 41.0 Å². The first-order chi connectivity index (χ1) is 15.3. The van der Waals surface area contributed by atoms with Gasteiger partial charge >= 0.3 is 0 Å². The number of nitriles is 1. The molecule has 3 rings (SSSR count). The minimum atomic E-state index is -3.32. The second-order valence-electron chi connectivity index (χ2n) is 7.58. The molecule has 9 heteroatoms. The molecule has 0 fully saturated rings. The molecule has 0 aliphatic carbocycles. The van der Waals surface area contributed by atoms with Gasteiger partial charge in [0.05, 0.1) is 23.6 Å². The summed E-state index contributed by atoms with van der Waals surface area (Å²) in [5, 5.41) is 12.6. The van der Waals surface area contributed by atoms with Crippen LogP contribution in [0.5, 0.6) is 5.75 Å². The number of anilines is 2. The van der Waals surface area contributed by atoms with Crippen LogP contribution in [0.3, 0.4) is 0 Å². The molecule has 8 nitrogen and oxygen atoms in total. The summed E-state index contributed by atoms with van der Waals surface area (Å²) in [6.45, 7) is 4.64. The first kappa shape index (κ1) is 23.2. The van der Waals surface area contributed by atoms with Gasteiger partial charge in [-0.15, -0.1) is 0 Å². The van der Waals surface area contributed by atoms with Crippen molar-refractivity contribution in [1.29, 1.82) is 5.26 Å². The van der Waals surface area contributed by atoms with Crippen LogP contribution in [0.1, 0.15) is 25.0 Å². The topological polar surface area (TPSA) is 117 Å². The van der Waals surface area contributed by atoms with E-state index < -0.39 is 10.0 Å². The maximum Gasteiger partial charge on any atom is 0.227 e. The largest absolute Gasteiger partial charge is 0.492 e. The van der Waals surface area contributed by atoms with E-state index in [4.69, 9.17) is 4.74 Å². The summed E-state index contributed by atoms with van der Waals surface area (Å²) in [6, 6.07) is 16.3. The van der Waals surface area contributed by atoms with Crippen LogP contribution in [0.2, 0.25) is 0 Å². The minimum Gasteiger partial charge on any atom is -0.492 e. The Bertz CT molecular complexity index is 1220. The van der Waals surface area contributed by atoms with Crippen LogP contribution < -0.4 is 14.8 Å². The van der Waals surface area contributed by atoms with Gasteiger partial charge in [0, 0.05) is 17.4 Å². The highest BCUT2D eigenvalue weighted by atomic mass is 32.2. The fraction of sp³-hybridized carbons (Fsp3) is 0.261. The molecular formula is C23H25N5O3S. The number of ether oxygens (including phenoxy) is 1. The summed E-state index contributed by atoms with van der Waals surface area (Å²) >= 11 is 0. The molecule has 0 saturated heterocycles. The third-order valence-corrected chi connectivity index (χ3v) is 5.84. The molecule has 3 aromatic rings. The van der Waals surface area contributed by atoms with Gasteiger partial charge in [-0.25, -0.2) is 23.1 Å². The molecule has 1 heterocycles. The summed E-state index contributed by atoms with van der Waals surface area (Å²) in [5.41, 5.74) is 3.28. The summed E-state index contributed by atoms with van der Waals surface area (Å²) < 4.78 is 31.4. The average Bonchev–Trinajstić information content (AvgIpc) is 2.79. The van der Waals surface area contributed by atoms with Crippen LogP contribution in [0.25, 0.3) is 11.3 Å². The lowest BCUT2D eigenvalue weighted by molar-refractivity contribution is 0.270. The molecule has 0 spiro atoms. The molecule has 0 bridgehead atoms. The normalized spacial score (nSPS) is 11.2. The molecule has 0 amide bonds. The molecule has 1 aromatic heterocycles. The molecule has 0 aliphatic heterocycles. The van der Waals surface area contributed by atoms with Crippen molar-refractivity contribution in [2.45, 2.75) is 19.6 Å². The molecule has 2 N–H and O–H groups in total. The molecule has 32 heavy (non-hydrogen) atoms.